The lowest BCUT2D eigenvalue weighted by Crippen LogP contribution is -2.03. The number of hydrogen-bond donors (Lipinski definition) is 0. The Morgan fingerprint density at radius 1 is 0.396 bits per heavy atom. The molecule has 0 fully saturated rings. The molecule has 246 valence electrons. The van der Waals surface area contributed by atoms with Gasteiger partial charge in [0.05, 0.1) is 14.2 Å². The molecule has 2 nitrogen and oxygen atoms in total. The largest absolute Gasteiger partial charge is 0.495 e. The molecule has 0 saturated carbocycles. The number of fused-ring (bicyclic) bond motifs is 2. The summed E-state index contributed by atoms with van der Waals surface area (Å²) in [6.07, 6.45) is 5.87. The maximum absolute atomic E-state index is 6.61. The first-order valence-corrected chi connectivity index (χ1v) is 18.0. The Hall–Kier alpha value is -4.56. The third kappa shape index (κ3) is 5.66. The standard InChI is InChI=1S/C46H50O2/c1-9-29-23-31(11-3)41(32(12-4)24-29)39-27-35-19-15-17-21-37(35)43(45(39)47-7)44-38-22-18-16-20-36(38)28-40(46(44)48-8)42-33(13-5)25-30(10-2)26-34(42)14-6/h15-28H,9-14H2,1-8H3. The van der Waals surface area contributed by atoms with Crippen molar-refractivity contribution in [2.75, 3.05) is 14.2 Å². The number of rotatable bonds is 11. The van der Waals surface area contributed by atoms with Gasteiger partial charge in [0.25, 0.3) is 0 Å². The van der Waals surface area contributed by atoms with Gasteiger partial charge in [-0.25, -0.2) is 0 Å². The van der Waals surface area contributed by atoms with Crippen molar-refractivity contribution in [2.45, 2.75) is 80.1 Å². The van der Waals surface area contributed by atoms with E-state index in [9.17, 15) is 0 Å². The lowest BCUT2D eigenvalue weighted by Gasteiger charge is -2.25. The quantitative estimate of drug-likeness (QED) is 0.141. The summed E-state index contributed by atoms with van der Waals surface area (Å²) in [4.78, 5) is 0. The summed E-state index contributed by atoms with van der Waals surface area (Å²) < 4.78 is 13.2. The molecular weight excluding hydrogens is 585 g/mol. The second kappa shape index (κ2) is 14.3. The Kier molecular flexibility index (Phi) is 9.92. The van der Waals surface area contributed by atoms with Gasteiger partial charge < -0.3 is 9.47 Å². The normalized spacial score (nSPS) is 11.4. The Morgan fingerprint density at radius 3 is 1.02 bits per heavy atom. The fourth-order valence-corrected chi connectivity index (χ4v) is 7.84. The molecule has 0 N–H and O–H groups in total. The minimum atomic E-state index is 0.899. The number of ether oxygens (including phenoxy) is 2. The molecule has 0 unspecified atom stereocenters. The maximum atomic E-state index is 6.61. The predicted octanol–water partition coefficient (Wildman–Crippen LogP) is 12.4. The Morgan fingerprint density at radius 2 is 0.729 bits per heavy atom. The average molecular weight is 635 g/mol. The first-order valence-electron chi connectivity index (χ1n) is 18.0. The van der Waals surface area contributed by atoms with Gasteiger partial charge in [-0.15, -0.1) is 0 Å². The first kappa shape index (κ1) is 33.3. The van der Waals surface area contributed by atoms with Crippen molar-refractivity contribution in [3.05, 3.63) is 118 Å². The molecule has 6 aromatic rings. The monoisotopic (exact) mass is 634 g/mol. The van der Waals surface area contributed by atoms with Crippen LogP contribution in [0.1, 0.15) is 74.9 Å². The van der Waals surface area contributed by atoms with Crippen molar-refractivity contribution in [1.82, 2.24) is 0 Å². The van der Waals surface area contributed by atoms with Crippen molar-refractivity contribution in [3.8, 4) is 44.9 Å². The van der Waals surface area contributed by atoms with E-state index in [1.807, 2.05) is 14.2 Å². The fraction of sp³-hybridized carbons (Fsp3) is 0.304. The molecule has 6 aromatic carbocycles. The molecule has 0 aliphatic rings. The number of hydrogen-bond acceptors (Lipinski definition) is 2. The van der Waals surface area contributed by atoms with E-state index in [0.717, 1.165) is 83.1 Å². The van der Waals surface area contributed by atoms with Crippen LogP contribution in [0.2, 0.25) is 0 Å². The zero-order valence-electron chi connectivity index (χ0n) is 30.1. The van der Waals surface area contributed by atoms with Crippen LogP contribution < -0.4 is 9.47 Å². The first-order chi connectivity index (χ1) is 23.5. The van der Waals surface area contributed by atoms with Crippen molar-refractivity contribution < 1.29 is 9.47 Å². The van der Waals surface area contributed by atoms with Crippen molar-refractivity contribution in [2.24, 2.45) is 0 Å². The molecule has 0 radical (unpaired) electrons. The van der Waals surface area contributed by atoms with Gasteiger partial charge >= 0.3 is 0 Å². The highest BCUT2D eigenvalue weighted by Crippen LogP contribution is 2.53. The van der Waals surface area contributed by atoms with Crippen LogP contribution in [-0.4, -0.2) is 14.2 Å². The molecule has 0 saturated heterocycles. The molecule has 0 spiro atoms. The van der Waals surface area contributed by atoms with E-state index in [0.29, 0.717) is 0 Å². The Labute approximate surface area is 287 Å². The van der Waals surface area contributed by atoms with Crippen LogP contribution in [0.15, 0.2) is 84.9 Å². The third-order valence-electron chi connectivity index (χ3n) is 10.3. The highest BCUT2D eigenvalue weighted by Gasteiger charge is 2.27. The van der Waals surface area contributed by atoms with Gasteiger partial charge in [0.2, 0.25) is 0 Å². The Balaban J connectivity index is 1.83. The van der Waals surface area contributed by atoms with Crippen LogP contribution in [0.4, 0.5) is 0 Å². The Bertz CT molecular complexity index is 1910. The number of methoxy groups -OCH3 is 2. The molecule has 0 aromatic heterocycles. The van der Waals surface area contributed by atoms with E-state index in [1.54, 1.807) is 0 Å². The molecular formula is C46H50O2. The van der Waals surface area contributed by atoms with Crippen LogP contribution >= 0.6 is 0 Å². The van der Waals surface area contributed by atoms with E-state index in [-0.39, 0.29) is 0 Å². The zero-order chi connectivity index (χ0) is 33.9. The summed E-state index contributed by atoms with van der Waals surface area (Å²) >= 11 is 0. The summed E-state index contributed by atoms with van der Waals surface area (Å²) in [6.45, 7) is 13.6. The van der Waals surface area contributed by atoms with Gasteiger partial charge in [0, 0.05) is 22.3 Å². The summed E-state index contributed by atoms with van der Waals surface area (Å²) in [6, 6.07) is 31.8. The number of benzene rings is 6. The summed E-state index contributed by atoms with van der Waals surface area (Å²) in [5, 5.41) is 4.71. The second-order valence-corrected chi connectivity index (χ2v) is 12.8. The maximum Gasteiger partial charge on any atom is 0.135 e. The van der Waals surface area contributed by atoms with Crippen molar-refractivity contribution >= 4 is 21.5 Å². The van der Waals surface area contributed by atoms with Crippen LogP contribution in [0.3, 0.4) is 0 Å². The van der Waals surface area contributed by atoms with E-state index in [1.165, 1.54) is 55.3 Å². The predicted molar refractivity (Wildman–Crippen MR) is 207 cm³/mol. The molecule has 48 heavy (non-hydrogen) atoms. The smallest absolute Gasteiger partial charge is 0.135 e. The van der Waals surface area contributed by atoms with Crippen LogP contribution in [0.25, 0.3) is 54.9 Å². The molecule has 0 amide bonds. The second-order valence-electron chi connectivity index (χ2n) is 12.8. The minimum absolute atomic E-state index is 0.899. The summed E-state index contributed by atoms with van der Waals surface area (Å²) in [7, 11) is 3.67. The molecule has 0 bridgehead atoms. The van der Waals surface area contributed by atoms with Gasteiger partial charge in [-0.1, -0.05) is 114 Å². The van der Waals surface area contributed by atoms with Crippen LogP contribution in [0, 0.1) is 0 Å². The highest BCUT2D eigenvalue weighted by atomic mass is 16.5. The van der Waals surface area contributed by atoms with E-state index < -0.39 is 0 Å². The SMILES string of the molecule is CCc1cc(CC)c(-c2cc3ccccc3c(-c3c(OC)c(-c4c(CC)cc(CC)cc4CC)cc4ccccc34)c2OC)c(CC)c1. The van der Waals surface area contributed by atoms with Gasteiger partial charge in [0.1, 0.15) is 11.5 Å². The van der Waals surface area contributed by atoms with Gasteiger partial charge in [-0.05, 0) is 117 Å². The molecule has 0 aliphatic heterocycles. The summed E-state index contributed by atoms with van der Waals surface area (Å²) in [5.74, 6) is 1.80. The molecule has 0 aliphatic carbocycles. The third-order valence-corrected chi connectivity index (χ3v) is 10.3. The lowest BCUT2D eigenvalue weighted by molar-refractivity contribution is 0.412. The average Bonchev–Trinajstić information content (AvgIpc) is 3.14. The molecule has 6 rings (SSSR count). The van der Waals surface area contributed by atoms with Crippen molar-refractivity contribution in [3.63, 3.8) is 0 Å². The molecule has 2 heteroatoms. The highest BCUT2D eigenvalue weighted by molar-refractivity contribution is 6.14. The zero-order valence-corrected chi connectivity index (χ0v) is 30.1. The van der Waals surface area contributed by atoms with E-state index in [4.69, 9.17) is 9.47 Å². The van der Waals surface area contributed by atoms with E-state index in [2.05, 4.69) is 126 Å². The van der Waals surface area contributed by atoms with Gasteiger partial charge in [0.15, 0.2) is 0 Å². The fourth-order valence-electron chi connectivity index (χ4n) is 7.84. The molecule has 0 heterocycles. The van der Waals surface area contributed by atoms with E-state index >= 15 is 0 Å². The topological polar surface area (TPSA) is 18.5 Å². The van der Waals surface area contributed by atoms with Crippen LogP contribution in [-0.2, 0) is 38.5 Å². The molecule has 0 atom stereocenters. The lowest BCUT2D eigenvalue weighted by atomic mass is 9.82. The van der Waals surface area contributed by atoms with Gasteiger partial charge in [-0.2, -0.15) is 0 Å². The van der Waals surface area contributed by atoms with Crippen molar-refractivity contribution in [1.29, 1.82) is 0 Å². The van der Waals surface area contributed by atoms with Gasteiger partial charge in [-0.3, -0.25) is 0 Å². The number of aryl methyl sites for hydroxylation is 6. The minimum Gasteiger partial charge on any atom is -0.495 e. The summed E-state index contributed by atoms with van der Waals surface area (Å²) in [5.41, 5.74) is 15.3. The van der Waals surface area contributed by atoms with Crippen LogP contribution in [0.5, 0.6) is 11.5 Å².